The summed E-state index contributed by atoms with van der Waals surface area (Å²) in [5.41, 5.74) is 0.911. The SMILES string of the molecule is CC1Oc2ccccc2N=C1N(C)C. The smallest absolute Gasteiger partial charge is 0.153 e. The van der Waals surface area contributed by atoms with Crippen LogP contribution in [0.15, 0.2) is 29.3 Å². The lowest BCUT2D eigenvalue weighted by atomic mass is 10.2. The Bertz CT molecular complexity index is 371. The van der Waals surface area contributed by atoms with Gasteiger partial charge >= 0.3 is 0 Å². The molecule has 1 unspecified atom stereocenters. The zero-order valence-corrected chi connectivity index (χ0v) is 8.69. The van der Waals surface area contributed by atoms with Crippen molar-refractivity contribution in [2.75, 3.05) is 14.1 Å². The molecule has 1 aromatic carbocycles. The Morgan fingerprint density at radius 2 is 2.00 bits per heavy atom. The van der Waals surface area contributed by atoms with Gasteiger partial charge in [0.25, 0.3) is 0 Å². The molecule has 0 saturated heterocycles. The van der Waals surface area contributed by atoms with Gasteiger partial charge in [-0.1, -0.05) is 12.1 Å². The van der Waals surface area contributed by atoms with Crippen LogP contribution in [0, 0.1) is 0 Å². The van der Waals surface area contributed by atoms with E-state index in [4.69, 9.17) is 4.74 Å². The first kappa shape index (κ1) is 9.06. The van der Waals surface area contributed by atoms with E-state index in [9.17, 15) is 0 Å². The van der Waals surface area contributed by atoms with E-state index < -0.39 is 0 Å². The molecule has 0 saturated carbocycles. The zero-order chi connectivity index (χ0) is 10.1. The molecule has 0 fully saturated rings. The topological polar surface area (TPSA) is 24.8 Å². The van der Waals surface area contributed by atoms with Crippen molar-refractivity contribution in [3.8, 4) is 5.75 Å². The van der Waals surface area contributed by atoms with Crippen LogP contribution in [0.5, 0.6) is 5.75 Å². The number of nitrogens with zero attached hydrogens (tertiary/aromatic N) is 2. The number of hydrogen-bond acceptors (Lipinski definition) is 3. The quantitative estimate of drug-likeness (QED) is 0.625. The first-order valence-electron chi connectivity index (χ1n) is 4.70. The number of benzene rings is 1. The Kier molecular flexibility index (Phi) is 2.15. The number of amidine groups is 1. The molecule has 1 aliphatic heterocycles. The van der Waals surface area contributed by atoms with Crippen LogP contribution in [-0.4, -0.2) is 30.9 Å². The molecule has 1 aliphatic rings. The summed E-state index contributed by atoms with van der Waals surface area (Å²) in [6.07, 6.45) is 0.0277. The van der Waals surface area contributed by atoms with Crippen molar-refractivity contribution in [2.24, 2.45) is 4.99 Å². The molecule has 3 nitrogen and oxygen atoms in total. The van der Waals surface area contributed by atoms with Crippen LogP contribution in [0.2, 0.25) is 0 Å². The Hall–Kier alpha value is -1.51. The third kappa shape index (κ3) is 1.45. The first-order valence-corrected chi connectivity index (χ1v) is 4.70. The van der Waals surface area contributed by atoms with Gasteiger partial charge in [-0.25, -0.2) is 4.99 Å². The van der Waals surface area contributed by atoms with Crippen LogP contribution >= 0.6 is 0 Å². The second-order valence-electron chi connectivity index (χ2n) is 3.59. The highest BCUT2D eigenvalue weighted by molar-refractivity contribution is 5.90. The lowest BCUT2D eigenvalue weighted by molar-refractivity contribution is 0.266. The molecule has 0 bridgehead atoms. The molecule has 0 N–H and O–H groups in total. The van der Waals surface area contributed by atoms with Crippen molar-refractivity contribution in [1.29, 1.82) is 0 Å². The maximum atomic E-state index is 5.73. The average molecular weight is 190 g/mol. The van der Waals surface area contributed by atoms with E-state index in [1.165, 1.54) is 0 Å². The summed E-state index contributed by atoms with van der Waals surface area (Å²) in [7, 11) is 3.96. The summed E-state index contributed by atoms with van der Waals surface area (Å²) in [6, 6.07) is 7.84. The molecule has 2 rings (SSSR count). The fourth-order valence-electron chi connectivity index (χ4n) is 1.57. The molecule has 1 heterocycles. The van der Waals surface area contributed by atoms with Crippen LogP contribution in [0.1, 0.15) is 6.92 Å². The van der Waals surface area contributed by atoms with Gasteiger partial charge in [-0.3, -0.25) is 0 Å². The summed E-state index contributed by atoms with van der Waals surface area (Å²) >= 11 is 0. The Labute approximate surface area is 84.0 Å². The highest BCUT2D eigenvalue weighted by Crippen LogP contribution is 2.31. The molecule has 14 heavy (non-hydrogen) atoms. The third-order valence-electron chi connectivity index (χ3n) is 2.23. The predicted octanol–water partition coefficient (Wildman–Crippen LogP) is 2.06. The van der Waals surface area contributed by atoms with E-state index in [0.29, 0.717) is 0 Å². The summed E-state index contributed by atoms with van der Waals surface area (Å²) in [5, 5.41) is 0. The molecule has 0 amide bonds. The zero-order valence-electron chi connectivity index (χ0n) is 8.69. The van der Waals surface area contributed by atoms with Gasteiger partial charge < -0.3 is 9.64 Å². The number of aliphatic imine (C=N–C) groups is 1. The van der Waals surface area contributed by atoms with E-state index in [2.05, 4.69) is 4.99 Å². The lowest BCUT2D eigenvalue weighted by Crippen LogP contribution is -2.37. The number of fused-ring (bicyclic) bond motifs is 1. The van der Waals surface area contributed by atoms with Gasteiger partial charge in [0, 0.05) is 14.1 Å². The highest BCUT2D eigenvalue weighted by atomic mass is 16.5. The van der Waals surface area contributed by atoms with Crippen LogP contribution in [0.4, 0.5) is 5.69 Å². The van der Waals surface area contributed by atoms with Crippen LogP contribution in [0.25, 0.3) is 0 Å². The second kappa shape index (κ2) is 3.33. The molecule has 1 atom stereocenters. The minimum absolute atomic E-state index is 0.0277. The number of rotatable bonds is 0. The minimum Gasteiger partial charge on any atom is -0.481 e. The molecule has 3 heteroatoms. The van der Waals surface area contributed by atoms with Gasteiger partial charge in [0.1, 0.15) is 17.3 Å². The van der Waals surface area contributed by atoms with Gasteiger partial charge in [-0.15, -0.1) is 0 Å². The van der Waals surface area contributed by atoms with Crippen LogP contribution < -0.4 is 4.74 Å². The molecule has 0 radical (unpaired) electrons. The highest BCUT2D eigenvalue weighted by Gasteiger charge is 2.21. The Morgan fingerprint density at radius 1 is 1.29 bits per heavy atom. The van der Waals surface area contributed by atoms with E-state index in [1.807, 2.05) is 50.2 Å². The normalized spacial score (nSPS) is 19.4. The monoisotopic (exact) mass is 190 g/mol. The fourth-order valence-corrected chi connectivity index (χ4v) is 1.57. The molecule has 1 aromatic rings. The number of likely N-dealkylation sites (N-methyl/N-ethyl adjacent to an activating group) is 1. The number of hydrogen-bond donors (Lipinski definition) is 0. The third-order valence-corrected chi connectivity index (χ3v) is 2.23. The largest absolute Gasteiger partial charge is 0.481 e. The Morgan fingerprint density at radius 3 is 2.71 bits per heavy atom. The Balaban J connectivity index is 2.44. The standard InChI is InChI=1S/C11H14N2O/c1-8-11(13(2)3)12-9-6-4-5-7-10(9)14-8/h4-8H,1-3H3. The maximum Gasteiger partial charge on any atom is 0.153 e. The summed E-state index contributed by atoms with van der Waals surface area (Å²) in [4.78, 5) is 6.53. The van der Waals surface area contributed by atoms with Crippen LogP contribution in [0.3, 0.4) is 0 Å². The van der Waals surface area contributed by atoms with Gasteiger partial charge in [0.2, 0.25) is 0 Å². The summed E-state index contributed by atoms with van der Waals surface area (Å²) in [5.74, 6) is 1.83. The van der Waals surface area contributed by atoms with E-state index in [-0.39, 0.29) is 6.10 Å². The van der Waals surface area contributed by atoms with Crippen molar-refractivity contribution in [3.63, 3.8) is 0 Å². The fraction of sp³-hybridized carbons (Fsp3) is 0.364. The summed E-state index contributed by atoms with van der Waals surface area (Å²) in [6.45, 7) is 2.01. The van der Waals surface area contributed by atoms with Crippen molar-refractivity contribution in [1.82, 2.24) is 4.90 Å². The maximum absolute atomic E-state index is 5.73. The minimum atomic E-state index is 0.0277. The van der Waals surface area contributed by atoms with Crippen molar-refractivity contribution in [3.05, 3.63) is 24.3 Å². The first-order chi connectivity index (χ1) is 6.68. The van der Waals surface area contributed by atoms with Gasteiger partial charge in [-0.2, -0.15) is 0 Å². The molecule has 0 aromatic heterocycles. The number of ether oxygens (including phenoxy) is 1. The van der Waals surface area contributed by atoms with Crippen molar-refractivity contribution < 1.29 is 4.74 Å². The van der Waals surface area contributed by atoms with Gasteiger partial charge in [-0.05, 0) is 19.1 Å². The van der Waals surface area contributed by atoms with E-state index >= 15 is 0 Å². The molecular weight excluding hydrogens is 176 g/mol. The van der Waals surface area contributed by atoms with Crippen molar-refractivity contribution in [2.45, 2.75) is 13.0 Å². The number of para-hydroxylation sites is 2. The van der Waals surface area contributed by atoms with Crippen LogP contribution in [-0.2, 0) is 0 Å². The van der Waals surface area contributed by atoms with Gasteiger partial charge in [0.05, 0.1) is 0 Å². The van der Waals surface area contributed by atoms with Crippen molar-refractivity contribution >= 4 is 11.5 Å². The molecule has 0 aliphatic carbocycles. The second-order valence-corrected chi connectivity index (χ2v) is 3.59. The lowest BCUT2D eigenvalue weighted by Gasteiger charge is -2.27. The molecular formula is C11H14N2O. The van der Waals surface area contributed by atoms with E-state index in [1.54, 1.807) is 0 Å². The predicted molar refractivity (Wildman–Crippen MR) is 57.3 cm³/mol. The molecule has 74 valence electrons. The summed E-state index contributed by atoms with van der Waals surface area (Å²) < 4.78 is 5.73. The average Bonchev–Trinajstić information content (AvgIpc) is 2.16. The van der Waals surface area contributed by atoms with Gasteiger partial charge in [0.15, 0.2) is 6.10 Å². The van der Waals surface area contributed by atoms with E-state index in [0.717, 1.165) is 17.3 Å². The molecule has 0 spiro atoms.